The zero-order chi connectivity index (χ0) is 20.7. The molecular weight excluding hydrogens is 380 g/mol. The average Bonchev–Trinajstić information content (AvgIpc) is 3.29. The topological polar surface area (TPSA) is 119 Å². The molecule has 2 bridgehead atoms. The van der Waals surface area contributed by atoms with E-state index in [4.69, 9.17) is 15.6 Å². The molecule has 1 heterocycles. The summed E-state index contributed by atoms with van der Waals surface area (Å²) in [6.45, 7) is 6.45. The predicted octanol–water partition coefficient (Wildman–Crippen LogP) is 2.47. The summed E-state index contributed by atoms with van der Waals surface area (Å²) < 4.78 is 6.01. The monoisotopic (exact) mass is 408 g/mol. The van der Waals surface area contributed by atoms with E-state index in [-0.39, 0.29) is 16.9 Å². The number of hydrogen-bond acceptors (Lipinski definition) is 6. The molecule has 8 heteroatoms. The number of fused-ring (bicyclic) bond motifs is 2. The van der Waals surface area contributed by atoms with Gasteiger partial charge in [0, 0.05) is 15.7 Å². The van der Waals surface area contributed by atoms with E-state index in [1.54, 1.807) is 12.1 Å². The Labute approximate surface area is 168 Å². The van der Waals surface area contributed by atoms with Crippen LogP contribution in [0, 0.1) is 16.7 Å². The molecule has 0 radical (unpaired) electrons. The zero-order valence-electron chi connectivity index (χ0n) is 16.4. The number of aliphatic carboxylic acids is 1. The average molecular weight is 409 g/mol. The molecule has 1 aromatic rings. The number of esters is 1. The van der Waals surface area contributed by atoms with Gasteiger partial charge in [0.25, 0.3) is 0 Å². The van der Waals surface area contributed by atoms with Crippen LogP contribution in [-0.4, -0.2) is 35.1 Å². The number of carboxylic acid groups (broad SMARTS) is 1. The lowest BCUT2D eigenvalue weighted by molar-refractivity contribution is -0.168. The number of rotatable bonds is 7. The molecule has 2 aliphatic rings. The van der Waals surface area contributed by atoms with Crippen molar-refractivity contribution in [2.75, 3.05) is 0 Å². The van der Waals surface area contributed by atoms with Crippen molar-refractivity contribution in [1.29, 1.82) is 0 Å². The number of carboxylic acids is 1. The van der Waals surface area contributed by atoms with Crippen molar-refractivity contribution in [3.63, 3.8) is 0 Å². The number of amides is 1. The molecule has 4 unspecified atom stereocenters. The van der Waals surface area contributed by atoms with Gasteiger partial charge in [-0.25, -0.2) is 4.79 Å². The van der Waals surface area contributed by atoms with Gasteiger partial charge in [0.15, 0.2) is 6.04 Å². The van der Waals surface area contributed by atoms with Crippen LogP contribution in [0.1, 0.15) is 57.4 Å². The van der Waals surface area contributed by atoms with Crippen molar-refractivity contribution in [2.45, 2.75) is 64.6 Å². The van der Waals surface area contributed by atoms with Crippen molar-refractivity contribution in [1.82, 2.24) is 5.32 Å². The van der Waals surface area contributed by atoms with E-state index in [0.29, 0.717) is 10.8 Å². The molecule has 7 nitrogen and oxygen atoms in total. The van der Waals surface area contributed by atoms with Crippen LogP contribution < -0.4 is 11.1 Å². The third kappa shape index (κ3) is 3.80. The van der Waals surface area contributed by atoms with Crippen LogP contribution in [0.4, 0.5) is 0 Å². The summed E-state index contributed by atoms with van der Waals surface area (Å²) in [7, 11) is 0. The lowest BCUT2D eigenvalue weighted by Gasteiger charge is -2.42. The van der Waals surface area contributed by atoms with Crippen molar-refractivity contribution in [2.24, 2.45) is 22.5 Å². The van der Waals surface area contributed by atoms with Crippen molar-refractivity contribution in [3.8, 4) is 0 Å². The predicted molar refractivity (Wildman–Crippen MR) is 105 cm³/mol. The van der Waals surface area contributed by atoms with Crippen LogP contribution in [0.2, 0.25) is 0 Å². The summed E-state index contributed by atoms with van der Waals surface area (Å²) in [6, 6.07) is 1.30. The van der Waals surface area contributed by atoms with E-state index < -0.39 is 36.4 Å². The highest BCUT2D eigenvalue weighted by molar-refractivity contribution is 7.10. The Morgan fingerprint density at radius 2 is 2.11 bits per heavy atom. The van der Waals surface area contributed by atoms with Gasteiger partial charge in [0.2, 0.25) is 5.91 Å². The van der Waals surface area contributed by atoms with Crippen LogP contribution >= 0.6 is 11.3 Å². The molecule has 3 rings (SSSR count). The van der Waals surface area contributed by atoms with Crippen molar-refractivity contribution < 1.29 is 24.2 Å². The van der Waals surface area contributed by atoms with E-state index >= 15 is 0 Å². The molecule has 4 N–H and O–H groups in total. The quantitative estimate of drug-likeness (QED) is 0.597. The maximum absolute atomic E-state index is 13.1. The van der Waals surface area contributed by atoms with Crippen molar-refractivity contribution >= 4 is 29.2 Å². The van der Waals surface area contributed by atoms with Gasteiger partial charge in [-0.3, -0.25) is 9.59 Å². The Morgan fingerprint density at radius 3 is 2.64 bits per heavy atom. The fourth-order valence-electron chi connectivity index (χ4n) is 4.97. The summed E-state index contributed by atoms with van der Waals surface area (Å²) in [5.41, 5.74) is 5.49. The van der Waals surface area contributed by atoms with Crippen LogP contribution in [0.5, 0.6) is 0 Å². The number of ether oxygens (including phenoxy) is 1. The summed E-state index contributed by atoms with van der Waals surface area (Å²) in [6.07, 6.45) is 2.48. The first kappa shape index (κ1) is 20.8. The Morgan fingerprint density at radius 1 is 1.39 bits per heavy atom. The number of nitrogens with two attached hydrogens (primary N) is 1. The highest BCUT2D eigenvalue weighted by Crippen LogP contribution is 2.63. The lowest BCUT2D eigenvalue weighted by atomic mass is 9.70. The first-order valence-corrected chi connectivity index (χ1v) is 10.4. The zero-order valence-corrected chi connectivity index (χ0v) is 17.3. The van der Waals surface area contributed by atoms with E-state index in [2.05, 4.69) is 26.1 Å². The number of carbonyl (C=O) groups excluding carboxylic acids is 2. The third-order valence-electron chi connectivity index (χ3n) is 6.45. The fourth-order valence-corrected chi connectivity index (χ4v) is 5.73. The SMILES string of the molecule is CC12CCC(C1)C(C)(C)C2OC(=O)C(NC(=O)[C@@H](N)CC(=O)O)c1cccs1. The molecule has 0 saturated heterocycles. The molecular formula is C20H28N2O5S. The largest absolute Gasteiger partial charge is 0.481 e. The van der Waals surface area contributed by atoms with Crippen LogP contribution in [-0.2, 0) is 19.1 Å². The second kappa shape index (κ2) is 7.48. The van der Waals surface area contributed by atoms with Gasteiger partial charge in [-0.15, -0.1) is 11.3 Å². The molecule has 0 spiro atoms. The first-order valence-electron chi connectivity index (χ1n) is 9.56. The smallest absolute Gasteiger partial charge is 0.334 e. The third-order valence-corrected chi connectivity index (χ3v) is 7.39. The Kier molecular flexibility index (Phi) is 5.55. The van der Waals surface area contributed by atoms with Gasteiger partial charge in [0.05, 0.1) is 12.5 Å². The molecule has 1 aromatic heterocycles. The maximum atomic E-state index is 13.1. The van der Waals surface area contributed by atoms with E-state index in [1.807, 2.05) is 5.38 Å². The standard InChI is InChI=1S/C20H28N2O5S/c1-19(2)11-6-7-20(3,10-11)18(19)27-17(26)15(13-5-4-8-28-13)22-16(25)12(21)9-14(23)24/h4-5,8,11-12,15,18H,6-7,9-10,21H2,1-3H3,(H,22,25)(H,23,24)/t11?,12-,15?,18?,20?/m0/s1. The second-order valence-corrected chi connectivity index (χ2v) is 9.87. The van der Waals surface area contributed by atoms with Crippen LogP contribution in [0.15, 0.2) is 17.5 Å². The lowest BCUT2D eigenvalue weighted by Crippen LogP contribution is -2.48. The number of hydrogen-bond donors (Lipinski definition) is 3. The normalized spacial score (nSPS) is 29.9. The van der Waals surface area contributed by atoms with Crippen molar-refractivity contribution in [3.05, 3.63) is 22.4 Å². The number of thiophene rings is 1. The minimum Gasteiger partial charge on any atom is -0.481 e. The van der Waals surface area contributed by atoms with Crippen LogP contribution in [0.25, 0.3) is 0 Å². The highest BCUT2D eigenvalue weighted by Gasteiger charge is 2.61. The molecule has 154 valence electrons. The van der Waals surface area contributed by atoms with Gasteiger partial charge >= 0.3 is 11.9 Å². The fraction of sp³-hybridized carbons (Fsp3) is 0.650. The number of carbonyl (C=O) groups is 3. The summed E-state index contributed by atoms with van der Waals surface area (Å²) in [5, 5.41) is 13.2. The van der Waals surface area contributed by atoms with E-state index in [1.165, 1.54) is 11.3 Å². The summed E-state index contributed by atoms with van der Waals surface area (Å²) >= 11 is 1.33. The first-order chi connectivity index (χ1) is 13.0. The minimum atomic E-state index is -1.23. The van der Waals surface area contributed by atoms with Crippen LogP contribution in [0.3, 0.4) is 0 Å². The molecule has 5 atom stereocenters. The molecule has 2 aliphatic carbocycles. The maximum Gasteiger partial charge on any atom is 0.334 e. The molecule has 1 amide bonds. The Balaban J connectivity index is 1.77. The molecule has 2 fully saturated rings. The highest BCUT2D eigenvalue weighted by atomic mass is 32.1. The summed E-state index contributed by atoms with van der Waals surface area (Å²) in [4.78, 5) is 36.9. The second-order valence-electron chi connectivity index (χ2n) is 8.89. The Bertz CT molecular complexity index is 758. The van der Waals surface area contributed by atoms with Gasteiger partial charge in [-0.1, -0.05) is 26.8 Å². The molecule has 0 aliphatic heterocycles. The molecule has 0 aromatic carbocycles. The number of nitrogens with one attached hydrogen (secondary N) is 1. The molecule has 28 heavy (non-hydrogen) atoms. The summed E-state index contributed by atoms with van der Waals surface area (Å²) in [5.74, 6) is -1.86. The van der Waals surface area contributed by atoms with Gasteiger partial charge in [-0.2, -0.15) is 0 Å². The van der Waals surface area contributed by atoms with Gasteiger partial charge in [0.1, 0.15) is 6.10 Å². The molecule has 2 saturated carbocycles. The van der Waals surface area contributed by atoms with E-state index in [9.17, 15) is 14.4 Å². The Hall–Kier alpha value is -1.93. The van der Waals surface area contributed by atoms with E-state index in [0.717, 1.165) is 19.3 Å². The van der Waals surface area contributed by atoms with Gasteiger partial charge < -0.3 is 20.9 Å². The minimum absolute atomic E-state index is 0.0481. The van der Waals surface area contributed by atoms with Gasteiger partial charge in [-0.05, 0) is 36.6 Å².